The van der Waals surface area contributed by atoms with Crippen molar-refractivity contribution in [1.82, 2.24) is 0 Å². The van der Waals surface area contributed by atoms with Crippen LogP contribution in [0.1, 0.15) is 30.0 Å². The molecule has 4 nitrogen and oxygen atoms in total. The van der Waals surface area contributed by atoms with E-state index < -0.39 is 5.91 Å². The molecule has 0 atom stereocenters. The Balaban J connectivity index is 2.18. The van der Waals surface area contributed by atoms with Crippen molar-refractivity contribution in [2.24, 2.45) is 0 Å². The summed E-state index contributed by atoms with van der Waals surface area (Å²) in [6.07, 6.45) is 2.39. The lowest BCUT2D eigenvalue weighted by Gasteiger charge is -2.08. The number of ether oxygens (including phenoxy) is 1. The average molecular weight is 369 g/mol. The first-order valence-electron chi connectivity index (χ1n) is 8.37. The molecular formula is C21H21ClN2O2. The number of carbonyl (C=O) groups excluding carboxylic acids is 1. The zero-order valence-electron chi connectivity index (χ0n) is 15.1. The Kier molecular flexibility index (Phi) is 6.82. The van der Waals surface area contributed by atoms with Crippen LogP contribution in [0.5, 0.6) is 5.75 Å². The molecule has 0 aliphatic heterocycles. The Bertz CT molecular complexity index is 882. The number of rotatable bonds is 6. The number of nitriles is 1. The Labute approximate surface area is 159 Å². The van der Waals surface area contributed by atoms with E-state index in [4.69, 9.17) is 16.3 Å². The van der Waals surface area contributed by atoms with Crippen LogP contribution in [0.15, 0.2) is 42.0 Å². The van der Waals surface area contributed by atoms with Crippen molar-refractivity contribution in [3.05, 3.63) is 63.7 Å². The highest BCUT2D eigenvalue weighted by atomic mass is 35.5. The maximum absolute atomic E-state index is 12.4. The van der Waals surface area contributed by atoms with Gasteiger partial charge in [0.1, 0.15) is 17.4 Å². The van der Waals surface area contributed by atoms with E-state index in [9.17, 15) is 10.1 Å². The lowest BCUT2D eigenvalue weighted by molar-refractivity contribution is -0.112. The molecule has 0 unspecified atom stereocenters. The molecule has 0 bridgehead atoms. The van der Waals surface area contributed by atoms with E-state index in [1.807, 2.05) is 45.0 Å². The lowest BCUT2D eigenvalue weighted by atomic mass is 10.1. The summed E-state index contributed by atoms with van der Waals surface area (Å²) in [5, 5.41) is 12.5. The van der Waals surface area contributed by atoms with Gasteiger partial charge < -0.3 is 10.1 Å². The molecule has 26 heavy (non-hydrogen) atoms. The molecule has 134 valence electrons. The van der Waals surface area contributed by atoms with Gasteiger partial charge >= 0.3 is 0 Å². The van der Waals surface area contributed by atoms with Crippen molar-refractivity contribution in [3.63, 3.8) is 0 Å². The van der Waals surface area contributed by atoms with Crippen LogP contribution < -0.4 is 10.1 Å². The highest BCUT2D eigenvalue weighted by molar-refractivity contribution is 6.32. The fourth-order valence-electron chi connectivity index (χ4n) is 2.27. The van der Waals surface area contributed by atoms with Crippen molar-refractivity contribution in [1.29, 1.82) is 5.26 Å². The standard InChI is InChI=1S/C21H21ClN2O2/c1-4-9-26-20-8-6-16(12-19(20)22)11-17(13-23)21(25)24-18-7-5-14(2)15(3)10-18/h5-8,10-12H,4,9H2,1-3H3,(H,24,25)/b17-11+. The van der Waals surface area contributed by atoms with Crippen molar-refractivity contribution in [2.45, 2.75) is 27.2 Å². The number of hydrogen-bond acceptors (Lipinski definition) is 3. The summed E-state index contributed by atoms with van der Waals surface area (Å²) < 4.78 is 5.52. The normalized spacial score (nSPS) is 11.0. The monoisotopic (exact) mass is 368 g/mol. The molecule has 0 heterocycles. The lowest BCUT2D eigenvalue weighted by Crippen LogP contribution is -2.13. The van der Waals surface area contributed by atoms with E-state index in [0.29, 0.717) is 28.6 Å². The van der Waals surface area contributed by atoms with Gasteiger partial charge in [-0.25, -0.2) is 0 Å². The molecule has 0 saturated heterocycles. The fourth-order valence-corrected chi connectivity index (χ4v) is 2.51. The van der Waals surface area contributed by atoms with Gasteiger partial charge in [-0.05, 0) is 67.3 Å². The van der Waals surface area contributed by atoms with Crippen molar-refractivity contribution in [3.8, 4) is 11.8 Å². The first-order chi connectivity index (χ1) is 12.4. The minimum Gasteiger partial charge on any atom is -0.492 e. The Hall–Kier alpha value is -2.77. The minimum atomic E-state index is -0.460. The van der Waals surface area contributed by atoms with Crippen LogP contribution in [0.4, 0.5) is 5.69 Å². The number of amides is 1. The van der Waals surface area contributed by atoms with Gasteiger partial charge in [0.2, 0.25) is 0 Å². The molecule has 0 radical (unpaired) electrons. The quantitative estimate of drug-likeness (QED) is 0.556. The highest BCUT2D eigenvalue weighted by Gasteiger charge is 2.11. The van der Waals surface area contributed by atoms with Crippen LogP contribution in [-0.2, 0) is 4.79 Å². The maximum Gasteiger partial charge on any atom is 0.266 e. The smallest absolute Gasteiger partial charge is 0.266 e. The van der Waals surface area contributed by atoms with Crippen LogP contribution in [0.3, 0.4) is 0 Å². The van der Waals surface area contributed by atoms with E-state index in [2.05, 4.69) is 5.32 Å². The summed E-state index contributed by atoms with van der Waals surface area (Å²) in [6.45, 7) is 6.56. The first-order valence-corrected chi connectivity index (χ1v) is 8.75. The largest absolute Gasteiger partial charge is 0.492 e. The van der Waals surface area contributed by atoms with Gasteiger partial charge in [0.25, 0.3) is 5.91 Å². The van der Waals surface area contributed by atoms with Crippen molar-refractivity contribution >= 4 is 29.3 Å². The van der Waals surface area contributed by atoms with Crippen LogP contribution in [0.25, 0.3) is 6.08 Å². The molecule has 0 spiro atoms. The molecule has 0 aliphatic carbocycles. The highest BCUT2D eigenvalue weighted by Crippen LogP contribution is 2.26. The van der Waals surface area contributed by atoms with Crippen molar-refractivity contribution in [2.75, 3.05) is 11.9 Å². The second kappa shape index (κ2) is 9.07. The third-order valence-corrected chi connectivity index (χ3v) is 4.15. The van der Waals surface area contributed by atoms with Gasteiger partial charge in [0.15, 0.2) is 0 Å². The number of anilines is 1. The average Bonchev–Trinajstić information content (AvgIpc) is 2.62. The molecule has 2 aromatic carbocycles. The SMILES string of the molecule is CCCOc1ccc(/C=C(\C#N)C(=O)Nc2ccc(C)c(C)c2)cc1Cl. The maximum atomic E-state index is 12.4. The molecule has 2 aromatic rings. The molecule has 0 saturated carbocycles. The van der Waals surface area contributed by atoms with Crippen LogP contribution in [-0.4, -0.2) is 12.5 Å². The van der Waals surface area contributed by atoms with Gasteiger partial charge in [-0.3, -0.25) is 4.79 Å². The summed E-state index contributed by atoms with van der Waals surface area (Å²) in [7, 11) is 0. The van der Waals surface area contributed by atoms with Gasteiger partial charge in [0, 0.05) is 5.69 Å². The Morgan fingerprint density at radius 1 is 1.23 bits per heavy atom. The van der Waals surface area contributed by atoms with Gasteiger partial charge in [-0.15, -0.1) is 0 Å². The second-order valence-corrected chi connectivity index (χ2v) is 6.37. The number of benzene rings is 2. The topological polar surface area (TPSA) is 62.1 Å². The van der Waals surface area contributed by atoms with Crippen LogP contribution >= 0.6 is 11.6 Å². The molecule has 1 amide bonds. The number of nitrogens with one attached hydrogen (secondary N) is 1. The number of aryl methyl sites for hydroxylation is 2. The molecule has 0 aliphatic rings. The second-order valence-electron chi connectivity index (χ2n) is 5.96. The van der Waals surface area contributed by atoms with Crippen LogP contribution in [0, 0.1) is 25.2 Å². The number of hydrogen-bond donors (Lipinski definition) is 1. The fraction of sp³-hybridized carbons (Fsp3) is 0.238. The molecule has 0 aromatic heterocycles. The summed E-state index contributed by atoms with van der Waals surface area (Å²) in [6, 6.07) is 12.7. The zero-order chi connectivity index (χ0) is 19.1. The molecule has 2 rings (SSSR count). The Morgan fingerprint density at radius 2 is 2.00 bits per heavy atom. The van der Waals surface area contributed by atoms with E-state index in [-0.39, 0.29) is 5.57 Å². The summed E-state index contributed by atoms with van der Waals surface area (Å²) in [5.41, 5.74) is 3.52. The summed E-state index contributed by atoms with van der Waals surface area (Å²) in [4.78, 5) is 12.4. The van der Waals surface area contributed by atoms with Gasteiger partial charge in [-0.2, -0.15) is 5.26 Å². The summed E-state index contributed by atoms with van der Waals surface area (Å²) in [5.74, 6) is 0.127. The molecule has 1 N–H and O–H groups in total. The van der Waals surface area contributed by atoms with Gasteiger partial charge in [-0.1, -0.05) is 30.7 Å². The minimum absolute atomic E-state index is 0.00141. The van der Waals surface area contributed by atoms with Gasteiger partial charge in [0.05, 0.1) is 11.6 Å². The third kappa shape index (κ3) is 5.11. The first kappa shape index (κ1) is 19.6. The molecular weight excluding hydrogens is 348 g/mol. The summed E-state index contributed by atoms with van der Waals surface area (Å²) >= 11 is 6.20. The predicted molar refractivity (Wildman–Crippen MR) is 105 cm³/mol. The van der Waals surface area contributed by atoms with E-state index in [1.54, 1.807) is 18.2 Å². The third-order valence-electron chi connectivity index (χ3n) is 3.86. The zero-order valence-corrected chi connectivity index (χ0v) is 15.9. The number of nitrogens with zero attached hydrogens (tertiary/aromatic N) is 1. The molecule has 5 heteroatoms. The van der Waals surface area contributed by atoms with E-state index >= 15 is 0 Å². The van der Waals surface area contributed by atoms with E-state index in [1.165, 1.54) is 6.08 Å². The number of carbonyl (C=O) groups is 1. The predicted octanol–water partition coefficient (Wildman–Crippen LogP) is 5.29. The van der Waals surface area contributed by atoms with Crippen molar-refractivity contribution < 1.29 is 9.53 Å². The Morgan fingerprint density at radius 3 is 2.62 bits per heavy atom. The molecule has 0 fully saturated rings. The number of halogens is 1. The van der Waals surface area contributed by atoms with E-state index in [0.717, 1.165) is 17.5 Å². The van der Waals surface area contributed by atoms with Crippen LogP contribution in [0.2, 0.25) is 5.02 Å².